The number of imide groups is 1. The second-order valence-electron chi connectivity index (χ2n) is 5.48. The van der Waals surface area contributed by atoms with Gasteiger partial charge in [-0.3, -0.25) is 4.99 Å². The van der Waals surface area contributed by atoms with Crippen LogP contribution in [0.4, 0.5) is 21.0 Å². The van der Waals surface area contributed by atoms with E-state index in [1.54, 1.807) is 18.3 Å². The molecule has 1 heterocycles. The van der Waals surface area contributed by atoms with E-state index in [1.165, 1.54) is 6.07 Å². The minimum absolute atomic E-state index is 0.179. The monoisotopic (exact) mass is 380 g/mol. The van der Waals surface area contributed by atoms with Crippen LogP contribution in [0.3, 0.4) is 0 Å². The lowest BCUT2D eigenvalue weighted by Crippen LogP contribution is -2.41. The fourth-order valence-corrected chi connectivity index (χ4v) is 2.80. The Hall–Kier alpha value is -3.39. The van der Waals surface area contributed by atoms with Gasteiger partial charge in [-0.15, -0.1) is 12.6 Å². The van der Waals surface area contributed by atoms with Gasteiger partial charge in [0.2, 0.25) is 0 Å². The smallest absolute Gasteiger partial charge is 0.422 e. The summed E-state index contributed by atoms with van der Waals surface area (Å²) in [6.07, 6.45) is 0.674. The van der Waals surface area contributed by atoms with Crippen molar-refractivity contribution in [3.63, 3.8) is 0 Å². The molecule has 0 fully saturated rings. The van der Waals surface area contributed by atoms with Gasteiger partial charge in [0.25, 0.3) is 0 Å². The Balaban J connectivity index is 1.96. The summed E-state index contributed by atoms with van der Waals surface area (Å²) in [5.74, 6) is 0. The summed E-state index contributed by atoms with van der Waals surface area (Å²) in [4.78, 5) is 33.4. The van der Waals surface area contributed by atoms with Crippen LogP contribution < -0.4 is 10.6 Å². The number of benzene rings is 2. The number of fused-ring (bicyclic) bond motifs is 1. The van der Waals surface area contributed by atoms with Gasteiger partial charge in [-0.2, -0.15) is 4.90 Å². The molecular weight excluding hydrogens is 364 g/mol. The van der Waals surface area contributed by atoms with Crippen molar-refractivity contribution < 1.29 is 14.3 Å². The SMILES string of the molecule is COC(=O)N(C(N)=O)c1cccc(N=Cc2ccc3ccccc3n2)c1S. The summed E-state index contributed by atoms with van der Waals surface area (Å²) in [6, 6.07) is 15.4. The molecule has 0 aliphatic carbocycles. The lowest BCUT2D eigenvalue weighted by molar-refractivity contribution is 0.178. The number of methoxy groups -OCH3 is 1. The van der Waals surface area contributed by atoms with Crippen molar-refractivity contribution in [3.05, 3.63) is 60.3 Å². The molecule has 0 atom stereocenters. The highest BCUT2D eigenvalue weighted by Crippen LogP contribution is 2.33. The van der Waals surface area contributed by atoms with Gasteiger partial charge in [0.15, 0.2) is 0 Å². The van der Waals surface area contributed by atoms with Crippen molar-refractivity contribution >= 4 is 53.2 Å². The van der Waals surface area contributed by atoms with Crippen molar-refractivity contribution in [2.24, 2.45) is 10.7 Å². The molecule has 2 N–H and O–H groups in total. The lowest BCUT2D eigenvalue weighted by Gasteiger charge is -2.19. The summed E-state index contributed by atoms with van der Waals surface area (Å²) >= 11 is 4.39. The number of ether oxygens (including phenoxy) is 1. The van der Waals surface area contributed by atoms with Crippen LogP contribution in [0.1, 0.15) is 5.69 Å². The number of aliphatic imine (C=N–C) groups is 1. The number of hydrogen-bond acceptors (Lipinski definition) is 6. The maximum absolute atomic E-state index is 11.8. The molecule has 1 aromatic heterocycles. The number of carbonyl (C=O) groups excluding carboxylic acids is 2. The molecule has 3 rings (SSSR count). The number of nitrogens with zero attached hydrogens (tertiary/aromatic N) is 3. The van der Waals surface area contributed by atoms with E-state index < -0.39 is 12.1 Å². The van der Waals surface area contributed by atoms with E-state index in [0.29, 0.717) is 21.2 Å². The van der Waals surface area contributed by atoms with Gasteiger partial charge in [-0.1, -0.05) is 30.3 Å². The van der Waals surface area contributed by atoms with Gasteiger partial charge in [0, 0.05) is 5.39 Å². The average Bonchev–Trinajstić information content (AvgIpc) is 2.68. The number of anilines is 1. The third-order valence-corrected chi connectivity index (χ3v) is 4.23. The molecule has 0 saturated heterocycles. The highest BCUT2D eigenvalue weighted by atomic mass is 32.1. The van der Waals surface area contributed by atoms with E-state index in [0.717, 1.165) is 18.0 Å². The molecule has 27 heavy (non-hydrogen) atoms. The summed E-state index contributed by atoms with van der Waals surface area (Å²) in [5.41, 5.74) is 7.42. The number of pyridine rings is 1. The third-order valence-electron chi connectivity index (χ3n) is 3.77. The van der Waals surface area contributed by atoms with Crippen molar-refractivity contribution in [1.29, 1.82) is 0 Å². The zero-order chi connectivity index (χ0) is 19.4. The number of nitrogens with two attached hydrogens (primary N) is 1. The molecule has 3 amide bonds. The van der Waals surface area contributed by atoms with Crippen molar-refractivity contribution in [2.45, 2.75) is 4.90 Å². The molecule has 136 valence electrons. The Labute approximate surface area is 160 Å². The average molecular weight is 380 g/mol. The lowest BCUT2D eigenvalue weighted by atomic mass is 10.2. The topological polar surface area (TPSA) is 97.9 Å². The number of primary amides is 1. The predicted molar refractivity (Wildman–Crippen MR) is 107 cm³/mol. The van der Waals surface area contributed by atoms with E-state index in [-0.39, 0.29) is 5.69 Å². The maximum Gasteiger partial charge on any atom is 0.422 e. The normalized spacial score (nSPS) is 10.9. The number of amides is 3. The van der Waals surface area contributed by atoms with Gasteiger partial charge in [-0.25, -0.2) is 14.6 Å². The first-order valence-corrected chi connectivity index (χ1v) is 8.35. The minimum Gasteiger partial charge on any atom is -0.452 e. The molecule has 0 aliphatic heterocycles. The van der Waals surface area contributed by atoms with Gasteiger partial charge < -0.3 is 10.5 Å². The Morgan fingerprint density at radius 3 is 2.67 bits per heavy atom. The molecule has 8 heteroatoms. The molecule has 0 saturated carbocycles. The second kappa shape index (κ2) is 7.88. The Bertz CT molecular complexity index is 1050. The quantitative estimate of drug-likeness (QED) is 0.531. The highest BCUT2D eigenvalue weighted by molar-refractivity contribution is 7.80. The fourth-order valence-electron chi connectivity index (χ4n) is 2.49. The van der Waals surface area contributed by atoms with E-state index >= 15 is 0 Å². The molecule has 7 nitrogen and oxygen atoms in total. The minimum atomic E-state index is -0.977. The number of thiol groups is 1. The molecule has 3 aromatic rings. The first kappa shape index (κ1) is 18.4. The highest BCUT2D eigenvalue weighted by Gasteiger charge is 2.24. The largest absolute Gasteiger partial charge is 0.452 e. The van der Waals surface area contributed by atoms with Crippen LogP contribution in [0.25, 0.3) is 10.9 Å². The van der Waals surface area contributed by atoms with Crippen LogP contribution in [0.15, 0.2) is 64.5 Å². The first-order valence-electron chi connectivity index (χ1n) is 7.90. The summed E-state index contributed by atoms with van der Waals surface area (Å²) in [5, 5.41) is 1.03. The predicted octanol–water partition coefficient (Wildman–Crippen LogP) is 3.93. The molecule has 0 unspecified atom stereocenters. The number of hydrogen-bond donors (Lipinski definition) is 2. The summed E-state index contributed by atoms with van der Waals surface area (Å²) in [7, 11) is 1.16. The molecule has 0 aliphatic rings. The molecule has 0 radical (unpaired) electrons. The third kappa shape index (κ3) is 3.90. The number of rotatable bonds is 3. The van der Waals surface area contributed by atoms with Crippen molar-refractivity contribution in [1.82, 2.24) is 4.98 Å². The van der Waals surface area contributed by atoms with Crippen LogP contribution in [0, 0.1) is 0 Å². The van der Waals surface area contributed by atoms with E-state index in [4.69, 9.17) is 5.73 Å². The molecule has 2 aromatic carbocycles. The van der Waals surface area contributed by atoms with Crippen molar-refractivity contribution in [3.8, 4) is 0 Å². The second-order valence-corrected chi connectivity index (χ2v) is 5.92. The zero-order valence-corrected chi connectivity index (χ0v) is 15.3. The fraction of sp³-hybridized carbons (Fsp3) is 0.0526. The van der Waals surface area contributed by atoms with Crippen LogP contribution in [-0.2, 0) is 4.74 Å². The van der Waals surface area contributed by atoms with E-state index in [9.17, 15) is 9.59 Å². The first-order chi connectivity index (χ1) is 13.0. The summed E-state index contributed by atoms with van der Waals surface area (Å²) in [6.45, 7) is 0. The number of carbonyl (C=O) groups is 2. The maximum atomic E-state index is 11.8. The van der Waals surface area contributed by atoms with Crippen LogP contribution in [0.5, 0.6) is 0 Å². The molecular formula is C19H16N4O3S. The molecule has 0 spiro atoms. The zero-order valence-electron chi connectivity index (χ0n) is 14.4. The standard InChI is InChI=1S/C19H16N4O3S/c1-26-19(25)23(18(20)24)16-8-4-7-15(17(16)27)21-11-13-10-9-12-5-2-3-6-14(12)22-13/h2-11,27H,1H3,(H2,20,24). The van der Waals surface area contributed by atoms with Gasteiger partial charge in [0.1, 0.15) is 0 Å². The number of para-hydroxylation sites is 1. The molecule has 0 bridgehead atoms. The number of urea groups is 1. The van der Waals surface area contributed by atoms with Gasteiger partial charge in [0.05, 0.1) is 40.8 Å². The van der Waals surface area contributed by atoms with Crippen LogP contribution >= 0.6 is 12.6 Å². The number of aromatic nitrogens is 1. The van der Waals surface area contributed by atoms with Gasteiger partial charge in [-0.05, 0) is 24.3 Å². The van der Waals surface area contributed by atoms with E-state index in [1.807, 2.05) is 36.4 Å². The van der Waals surface area contributed by atoms with Crippen molar-refractivity contribution in [2.75, 3.05) is 12.0 Å². The van der Waals surface area contributed by atoms with Crippen LogP contribution in [0.2, 0.25) is 0 Å². The van der Waals surface area contributed by atoms with Gasteiger partial charge >= 0.3 is 12.1 Å². The Morgan fingerprint density at radius 1 is 1.15 bits per heavy atom. The van der Waals surface area contributed by atoms with E-state index in [2.05, 4.69) is 27.3 Å². The van der Waals surface area contributed by atoms with Crippen LogP contribution in [-0.4, -0.2) is 30.4 Å². The Morgan fingerprint density at radius 2 is 1.93 bits per heavy atom. The Kier molecular flexibility index (Phi) is 5.37. The summed E-state index contributed by atoms with van der Waals surface area (Å²) < 4.78 is 4.60.